The summed E-state index contributed by atoms with van der Waals surface area (Å²) in [5, 5.41) is 8.85. The molecule has 0 unspecified atom stereocenters. The lowest BCUT2D eigenvalue weighted by Gasteiger charge is -2.18. The average Bonchev–Trinajstić information content (AvgIpc) is 2.66. The predicted octanol–water partition coefficient (Wildman–Crippen LogP) is 4.35. The van der Waals surface area contributed by atoms with Crippen molar-refractivity contribution in [3.63, 3.8) is 0 Å². The first-order chi connectivity index (χ1) is 8.86. The highest BCUT2D eigenvalue weighted by molar-refractivity contribution is 5.19. The third-order valence-electron chi connectivity index (χ3n) is 3.37. The monoisotopic (exact) mass is 265 g/mol. The van der Waals surface area contributed by atoms with Gasteiger partial charge in [0, 0.05) is 12.0 Å². The van der Waals surface area contributed by atoms with Crippen LogP contribution in [0.5, 0.6) is 0 Å². The van der Waals surface area contributed by atoms with E-state index >= 15 is 0 Å². The molecule has 0 aliphatic rings. The fourth-order valence-corrected chi connectivity index (χ4v) is 2.37. The van der Waals surface area contributed by atoms with Crippen LogP contribution < -0.4 is 0 Å². The molecule has 0 saturated carbocycles. The van der Waals surface area contributed by atoms with Crippen LogP contribution in [0.15, 0.2) is 0 Å². The normalized spacial score (nSPS) is 12.4. The second-order valence-corrected chi connectivity index (χ2v) is 7.02. The first kappa shape index (κ1) is 16.2. The van der Waals surface area contributed by atoms with Gasteiger partial charge in [-0.25, -0.2) is 4.68 Å². The summed E-state index contributed by atoms with van der Waals surface area (Å²) in [6.45, 7) is 14.5. The van der Waals surface area contributed by atoms with Crippen LogP contribution in [-0.2, 0) is 18.4 Å². The number of aromatic nitrogens is 3. The number of rotatable bonds is 7. The van der Waals surface area contributed by atoms with Crippen molar-refractivity contribution in [2.24, 2.45) is 5.92 Å². The molecule has 0 aromatic carbocycles. The Hall–Kier alpha value is -0.860. The fourth-order valence-electron chi connectivity index (χ4n) is 2.37. The van der Waals surface area contributed by atoms with Crippen LogP contribution in [-0.4, -0.2) is 15.0 Å². The van der Waals surface area contributed by atoms with E-state index in [1.165, 1.54) is 37.1 Å². The molecule has 0 atom stereocenters. The van der Waals surface area contributed by atoms with Crippen LogP contribution >= 0.6 is 0 Å². The van der Waals surface area contributed by atoms with E-state index in [4.69, 9.17) is 0 Å². The summed E-state index contributed by atoms with van der Waals surface area (Å²) < 4.78 is 2.15. The zero-order chi connectivity index (χ0) is 14.5. The van der Waals surface area contributed by atoms with Crippen LogP contribution in [0, 0.1) is 5.92 Å². The summed E-state index contributed by atoms with van der Waals surface area (Å²) in [4.78, 5) is 0. The predicted molar refractivity (Wildman–Crippen MR) is 81.4 cm³/mol. The van der Waals surface area contributed by atoms with Gasteiger partial charge in [0.05, 0.1) is 11.4 Å². The summed E-state index contributed by atoms with van der Waals surface area (Å²) in [6.07, 6.45) is 6.19. The molecule has 0 aliphatic heterocycles. The molecule has 1 rings (SSSR count). The molecule has 0 radical (unpaired) electrons. The van der Waals surface area contributed by atoms with Gasteiger partial charge in [0.25, 0.3) is 0 Å². The Labute approximate surface area is 118 Å². The van der Waals surface area contributed by atoms with E-state index in [0.29, 0.717) is 5.92 Å². The van der Waals surface area contributed by atoms with Gasteiger partial charge in [-0.3, -0.25) is 0 Å². The van der Waals surface area contributed by atoms with Crippen molar-refractivity contribution in [3.8, 4) is 0 Å². The molecule has 0 bridgehead atoms. The van der Waals surface area contributed by atoms with Gasteiger partial charge < -0.3 is 0 Å². The third-order valence-corrected chi connectivity index (χ3v) is 3.37. The van der Waals surface area contributed by atoms with Crippen molar-refractivity contribution in [1.82, 2.24) is 15.0 Å². The van der Waals surface area contributed by atoms with Crippen LogP contribution in [0.25, 0.3) is 0 Å². The minimum absolute atomic E-state index is 0.0892. The van der Waals surface area contributed by atoms with Gasteiger partial charge in [0.2, 0.25) is 0 Å². The molecule has 1 heterocycles. The highest BCUT2D eigenvalue weighted by atomic mass is 15.4. The maximum atomic E-state index is 4.45. The van der Waals surface area contributed by atoms with Crippen LogP contribution in [0.3, 0.4) is 0 Å². The molecule has 3 heteroatoms. The summed E-state index contributed by atoms with van der Waals surface area (Å²) in [5.74, 6) is 0.647. The van der Waals surface area contributed by atoms with Crippen molar-refractivity contribution in [3.05, 3.63) is 11.4 Å². The summed E-state index contributed by atoms with van der Waals surface area (Å²) >= 11 is 0. The van der Waals surface area contributed by atoms with Crippen molar-refractivity contribution < 1.29 is 0 Å². The molecule has 0 N–H and O–H groups in total. The molecule has 19 heavy (non-hydrogen) atoms. The van der Waals surface area contributed by atoms with E-state index in [9.17, 15) is 0 Å². The Kier molecular flexibility index (Phi) is 6.02. The molecule has 1 aromatic rings. The zero-order valence-electron chi connectivity index (χ0n) is 13.7. The smallest absolute Gasteiger partial charge is 0.0912 e. The van der Waals surface area contributed by atoms with E-state index in [1.54, 1.807) is 0 Å². The summed E-state index contributed by atoms with van der Waals surface area (Å²) in [7, 11) is 0. The zero-order valence-corrected chi connectivity index (χ0v) is 13.7. The minimum atomic E-state index is 0.0892. The largest absolute Gasteiger partial charge is 0.249 e. The number of hydrogen-bond acceptors (Lipinski definition) is 2. The van der Waals surface area contributed by atoms with Gasteiger partial charge in [-0.05, 0) is 18.8 Å². The first-order valence-corrected chi connectivity index (χ1v) is 7.79. The number of hydrogen-bond donors (Lipinski definition) is 0. The minimum Gasteiger partial charge on any atom is -0.249 e. The van der Waals surface area contributed by atoms with E-state index < -0.39 is 0 Å². The van der Waals surface area contributed by atoms with Gasteiger partial charge >= 0.3 is 0 Å². The molecule has 0 spiro atoms. The molecule has 1 aromatic heterocycles. The van der Waals surface area contributed by atoms with Gasteiger partial charge in [0.15, 0.2) is 0 Å². The standard InChI is InChI=1S/C16H31N3/c1-7-8-9-10-11-19-14(12-13(2)3)15(17-18-19)16(4,5)6/h13H,7-12H2,1-6H3. The molecule has 0 fully saturated rings. The lowest BCUT2D eigenvalue weighted by molar-refractivity contribution is 0.492. The molecule has 110 valence electrons. The van der Waals surface area contributed by atoms with Crippen molar-refractivity contribution in [2.45, 2.75) is 85.6 Å². The second-order valence-electron chi connectivity index (χ2n) is 7.02. The van der Waals surface area contributed by atoms with Crippen molar-refractivity contribution in [2.75, 3.05) is 0 Å². The molecule has 0 saturated heterocycles. The number of unbranched alkanes of at least 4 members (excludes halogenated alkanes) is 3. The SMILES string of the molecule is CCCCCCn1nnc(C(C)(C)C)c1CC(C)C. The van der Waals surface area contributed by atoms with E-state index in [0.717, 1.165) is 13.0 Å². The highest BCUT2D eigenvalue weighted by Crippen LogP contribution is 2.25. The molecule has 3 nitrogen and oxygen atoms in total. The Morgan fingerprint density at radius 3 is 2.32 bits per heavy atom. The number of aryl methyl sites for hydroxylation is 1. The van der Waals surface area contributed by atoms with Gasteiger partial charge in [-0.1, -0.05) is 66.0 Å². The van der Waals surface area contributed by atoms with E-state index in [1.807, 2.05) is 0 Å². The summed E-state index contributed by atoms with van der Waals surface area (Å²) in [6, 6.07) is 0. The van der Waals surface area contributed by atoms with E-state index in [2.05, 4.69) is 56.5 Å². The summed E-state index contributed by atoms with van der Waals surface area (Å²) in [5.41, 5.74) is 2.61. The molecular formula is C16H31N3. The first-order valence-electron chi connectivity index (χ1n) is 7.79. The maximum Gasteiger partial charge on any atom is 0.0912 e. The fraction of sp³-hybridized carbons (Fsp3) is 0.875. The van der Waals surface area contributed by atoms with E-state index in [-0.39, 0.29) is 5.41 Å². The van der Waals surface area contributed by atoms with Crippen LogP contribution in [0.1, 0.15) is 78.6 Å². The van der Waals surface area contributed by atoms with Crippen LogP contribution in [0.2, 0.25) is 0 Å². The Balaban J connectivity index is 2.82. The van der Waals surface area contributed by atoms with Gasteiger partial charge in [0.1, 0.15) is 0 Å². The molecule has 0 amide bonds. The lowest BCUT2D eigenvalue weighted by Crippen LogP contribution is -2.17. The van der Waals surface area contributed by atoms with Gasteiger partial charge in [-0.15, -0.1) is 5.10 Å². The quantitative estimate of drug-likeness (QED) is 0.686. The third kappa shape index (κ3) is 4.96. The average molecular weight is 265 g/mol. The number of nitrogens with zero attached hydrogens (tertiary/aromatic N) is 3. The second kappa shape index (κ2) is 7.06. The lowest BCUT2D eigenvalue weighted by atomic mass is 9.88. The topological polar surface area (TPSA) is 30.7 Å². The van der Waals surface area contributed by atoms with Crippen LogP contribution in [0.4, 0.5) is 0 Å². The maximum absolute atomic E-state index is 4.45. The molecular weight excluding hydrogens is 234 g/mol. The van der Waals surface area contributed by atoms with Crippen molar-refractivity contribution in [1.29, 1.82) is 0 Å². The Morgan fingerprint density at radius 1 is 1.11 bits per heavy atom. The Bertz CT molecular complexity index is 372. The highest BCUT2D eigenvalue weighted by Gasteiger charge is 2.24. The van der Waals surface area contributed by atoms with Gasteiger partial charge in [-0.2, -0.15) is 0 Å². The molecule has 0 aliphatic carbocycles. The Morgan fingerprint density at radius 2 is 1.79 bits per heavy atom. The van der Waals surface area contributed by atoms with Crippen molar-refractivity contribution >= 4 is 0 Å².